The number of carbonyl (C=O) groups is 3. The molecule has 4 fully saturated rings. The molecule has 3 aromatic rings. The normalized spacial score (nSPS) is 29.3. The van der Waals surface area contributed by atoms with Crippen molar-refractivity contribution in [2.45, 2.75) is 94.6 Å². The van der Waals surface area contributed by atoms with E-state index in [-0.39, 0.29) is 43.6 Å². The molecule has 2 aromatic carbocycles. The quantitative estimate of drug-likeness (QED) is 0.284. The molecule has 2 saturated heterocycles. The third-order valence-corrected chi connectivity index (χ3v) is 15.0. The average molecular weight is 814 g/mol. The fourth-order valence-electron chi connectivity index (χ4n) is 8.81. The van der Waals surface area contributed by atoms with Crippen LogP contribution in [0.2, 0.25) is 0 Å². The number of hydrogen-bond donors (Lipinski definition) is 2. The number of benzene rings is 2. The molecule has 0 radical (unpaired) electrons. The molecule has 13 nitrogen and oxygen atoms in total. The van der Waals surface area contributed by atoms with Crippen molar-refractivity contribution in [1.29, 1.82) is 0 Å². The summed E-state index contributed by atoms with van der Waals surface area (Å²) in [5.41, 5.74) is 1.27. The number of hydrogen-bond acceptors (Lipinski definition) is 10. The molecule has 3 aliphatic heterocycles. The van der Waals surface area contributed by atoms with Gasteiger partial charge in [0, 0.05) is 48.5 Å². The van der Waals surface area contributed by atoms with Crippen LogP contribution in [0.1, 0.15) is 72.1 Å². The van der Waals surface area contributed by atoms with Crippen molar-refractivity contribution in [2.75, 3.05) is 44.9 Å². The lowest BCUT2D eigenvalue weighted by molar-refractivity contribution is -0.140. The van der Waals surface area contributed by atoms with Gasteiger partial charge in [-0.25, -0.2) is 13.4 Å². The van der Waals surface area contributed by atoms with Gasteiger partial charge < -0.3 is 29.3 Å². The van der Waals surface area contributed by atoms with Gasteiger partial charge in [0.05, 0.1) is 37.3 Å². The highest BCUT2D eigenvalue weighted by atomic mass is 32.2. The summed E-state index contributed by atoms with van der Waals surface area (Å²) in [6, 6.07) is 15.0. The number of nitrogens with zero attached hydrogens (tertiary/aromatic N) is 3. The van der Waals surface area contributed by atoms with Gasteiger partial charge in [0.2, 0.25) is 27.7 Å². The Morgan fingerprint density at radius 3 is 2.50 bits per heavy atom. The van der Waals surface area contributed by atoms with Crippen LogP contribution < -0.4 is 24.4 Å². The second-order valence-corrected chi connectivity index (χ2v) is 19.6. The summed E-state index contributed by atoms with van der Waals surface area (Å²) in [4.78, 5) is 51.4. The molecule has 1 aromatic heterocycles. The maximum absolute atomic E-state index is 14.4. The number of methoxy groups -OCH3 is 1. The molecule has 4 heterocycles. The summed E-state index contributed by atoms with van der Waals surface area (Å²) >= 11 is 0. The second kappa shape index (κ2) is 15.8. The maximum atomic E-state index is 14.4. The number of allylic oxidation sites excluding steroid dienone is 1. The third-order valence-electron chi connectivity index (χ3n) is 12.8. The molecule has 2 saturated carbocycles. The first-order chi connectivity index (χ1) is 27.8. The van der Waals surface area contributed by atoms with Crippen LogP contribution in [0.15, 0.2) is 60.7 Å². The maximum Gasteiger partial charge on any atom is 0.259 e. The number of sulfonamides is 1. The first kappa shape index (κ1) is 40.1. The number of carbonyl (C=O) groups excluding carboxylic acids is 3. The molecule has 3 amide bonds. The first-order valence-electron chi connectivity index (χ1n) is 20.7. The van der Waals surface area contributed by atoms with Crippen molar-refractivity contribution in [1.82, 2.24) is 19.9 Å². The van der Waals surface area contributed by atoms with E-state index in [4.69, 9.17) is 19.2 Å². The third kappa shape index (κ3) is 8.14. The van der Waals surface area contributed by atoms with E-state index >= 15 is 0 Å². The Morgan fingerprint density at radius 2 is 1.78 bits per heavy atom. The van der Waals surface area contributed by atoms with Crippen LogP contribution in [-0.2, 0) is 29.1 Å². The summed E-state index contributed by atoms with van der Waals surface area (Å²) in [5, 5.41) is 4.59. The Kier molecular flexibility index (Phi) is 10.9. The SMILES string of the molecule is COc1ccc2c(O[C@@H]3C[C@H]4C(=O)N[C@]5(C(=O)NS(=O)(=O)C6(C)CC6)C[C@H]5/C=C\CC[C@H](C)C[C@@H](C)CC(=O)N4C3)nc(-c3ccc(N4CCOCC4)cc3)cc2c1. The fourth-order valence-corrected chi connectivity index (χ4v) is 10.1. The van der Waals surface area contributed by atoms with Crippen molar-refractivity contribution in [3.63, 3.8) is 0 Å². The van der Waals surface area contributed by atoms with E-state index < -0.39 is 44.3 Å². The van der Waals surface area contributed by atoms with Crippen LogP contribution in [0.25, 0.3) is 22.0 Å². The van der Waals surface area contributed by atoms with Crippen LogP contribution >= 0.6 is 0 Å². The minimum Gasteiger partial charge on any atom is -0.497 e. The highest BCUT2D eigenvalue weighted by Gasteiger charge is 2.63. The van der Waals surface area contributed by atoms with Crippen LogP contribution in [0.4, 0.5) is 5.69 Å². The van der Waals surface area contributed by atoms with E-state index in [0.717, 1.165) is 54.4 Å². The molecular weight excluding hydrogens is 759 g/mol. The smallest absolute Gasteiger partial charge is 0.259 e. The number of morpholine rings is 1. The average Bonchev–Trinajstić information content (AvgIpc) is 4.09. The van der Waals surface area contributed by atoms with Gasteiger partial charge in [-0.3, -0.25) is 19.1 Å². The predicted octanol–water partition coefficient (Wildman–Crippen LogP) is 5.37. The number of amides is 3. The summed E-state index contributed by atoms with van der Waals surface area (Å²) in [6.45, 7) is 9.06. The number of rotatable bonds is 8. The molecule has 310 valence electrons. The van der Waals surface area contributed by atoms with Crippen molar-refractivity contribution < 1.29 is 37.0 Å². The van der Waals surface area contributed by atoms with Crippen LogP contribution in [0, 0.1) is 17.8 Å². The van der Waals surface area contributed by atoms with Crippen LogP contribution in [0.5, 0.6) is 11.6 Å². The van der Waals surface area contributed by atoms with Crippen LogP contribution in [0.3, 0.4) is 0 Å². The number of anilines is 1. The molecule has 8 rings (SSSR count). The number of fused-ring (bicyclic) bond motifs is 3. The van der Waals surface area contributed by atoms with Crippen molar-refractivity contribution in [3.8, 4) is 22.9 Å². The molecule has 5 aliphatic rings. The number of aromatic nitrogens is 1. The van der Waals surface area contributed by atoms with E-state index in [2.05, 4.69) is 40.9 Å². The van der Waals surface area contributed by atoms with Gasteiger partial charge in [-0.15, -0.1) is 0 Å². The number of ether oxygens (including phenoxy) is 3. The molecule has 2 N–H and O–H groups in total. The van der Waals surface area contributed by atoms with Gasteiger partial charge in [-0.2, -0.15) is 0 Å². The summed E-state index contributed by atoms with van der Waals surface area (Å²) in [7, 11) is -2.33. The fraction of sp³-hybridized carbons (Fsp3) is 0.545. The Labute approximate surface area is 340 Å². The van der Waals surface area contributed by atoms with Crippen molar-refractivity contribution >= 4 is 44.2 Å². The molecule has 0 spiro atoms. The van der Waals surface area contributed by atoms with E-state index in [9.17, 15) is 22.8 Å². The Balaban J connectivity index is 1.09. The number of nitrogens with one attached hydrogen (secondary N) is 2. The Hall–Kier alpha value is -4.69. The van der Waals surface area contributed by atoms with E-state index in [0.29, 0.717) is 49.3 Å². The first-order valence-corrected chi connectivity index (χ1v) is 22.2. The van der Waals surface area contributed by atoms with Crippen molar-refractivity contribution in [2.24, 2.45) is 17.8 Å². The molecule has 58 heavy (non-hydrogen) atoms. The topological polar surface area (TPSA) is 156 Å². The van der Waals surface area contributed by atoms with Crippen LogP contribution in [-0.4, -0.2) is 98.4 Å². The molecule has 6 atom stereocenters. The monoisotopic (exact) mass is 813 g/mol. The van der Waals surface area contributed by atoms with Crippen molar-refractivity contribution in [3.05, 3.63) is 60.7 Å². The summed E-state index contributed by atoms with van der Waals surface area (Å²) in [5.74, 6) is -0.280. The highest BCUT2D eigenvalue weighted by molar-refractivity contribution is 7.91. The molecule has 0 unspecified atom stereocenters. The number of pyridine rings is 1. The minimum absolute atomic E-state index is 0.0895. The molecule has 14 heteroatoms. The van der Waals surface area contributed by atoms with E-state index in [1.807, 2.05) is 48.6 Å². The predicted molar refractivity (Wildman–Crippen MR) is 221 cm³/mol. The largest absolute Gasteiger partial charge is 0.497 e. The van der Waals surface area contributed by atoms with Gasteiger partial charge in [0.1, 0.15) is 23.4 Å². The highest BCUT2D eigenvalue weighted by Crippen LogP contribution is 2.48. The zero-order valence-corrected chi connectivity index (χ0v) is 34.7. The Morgan fingerprint density at radius 1 is 1.02 bits per heavy atom. The lowest BCUT2D eigenvalue weighted by Gasteiger charge is -2.28. The molecular formula is C44H55N5O8S. The summed E-state index contributed by atoms with van der Waals surface area (Å²) in [6.07, 6.45) is 7.54. The standard InChI is InChI=1S/C44H55N5O8S/c1-28-7-5-6-8-32-26-44(32,42(52)47-58(53,54)43(3)15-16-43)46-40(51)38-25-35(27-49(38)39(50)22-29(2)21-28)57-41-36-14-13-34(55-4)23-31(36)24-37(45-41)30-9-11-33(12-10-30)48-17-19-56-20-18-48/h6,8-14,23-24,28-29,32,35,38H,5,7,15-22,25-27H2,1-4H3,(H,46,51)(H,47,52)/b8-6-/t28-,29+,32+,35+,38-,44+/m0/s1. The second-order valence-electron chi connectivity index (χ2n) is 17.4. The Bertz CT molecular complexity index is 2200. The molecule has 0 bridgehead atoms. The van der Waals surface area contributed by atoms with Gasteiger partial charge in [0.25, 0.3) is 5.91 Å². The molecule has 2 aliphatic carbocycles. The van der Waals surface area contributed by atoms with E-state index in [1.54, 1.807) is 18.9 Å². The summed E-state index contributed by atoms with van der Waals surface area (Å²) < 4.78 is 45.5. The van der Waals surface area contributed by atoms with Gasteiger partial charge >= 0.3 is 0 Å². The zero-order chi connectivity index (χ0) is 40.8. The van der Waals surface area contributed by atoms with Gasteiger partial charge in [0.15, 0.2) is 0 Å². The lowest BCUT2D eigenvalue weighted by Crippen LogP contribution is -2.57. The van der Waals surface area contributed by atoms with Gasteiger partial charge in [-0.1, -0.05) is 38.1 Å². The lowest BCUT2D eigenvalue weighted by atomic mass is 9.91. The van der Waals surface area contributed by atoms with Gasteiger partial charge in [-0.05, 0) is 99.1 Å². The zero-order valence-electron chi connectivity index (χ0n) is 33.9. The van der Waals surface area contributed by atoms with E-state index in [1.165, 1.54) is 0 Å². The minimum atomic E-state index is -3.95.